The zero-order valence-corrected chi connectivity index (χ0v) is 17.5. The Hall–Kier alpha value is -4.23. The predicted octanol–water partition coefficient (Wildman–Crippen LogP) is 5.03. The van der Waals surface area contributed by atoms with Crippen LogP contribution in [0.4, 0.5) is 5.69 Å². The van der Waals surface area contributed by atoms with Gasteiger partial charge in [-0.3, -0.25) is 9.36 Å². The number of hydrogen-bond donors (Lipinski definition) is 1. The third-order valence-corrected chi connectivity index (χ3v) is 5.12. The summed E-state index contributed by atoms with van der Waals surface area (Å²) in [5.74, 6) is 0.425. The first-order valence-corrected chi connectivity index (χ1v) is 10.2. The van der Waals surface area contributed by atoms with Crippen LogP contribution in [0.25, 0.3) is 22.8 Å². The number of anilines is 1. The van der Waals surface area contributed by atoms with E-state index in [0.717, 1.165) is 11.3 Å². The van der Waals surface area contributed by atoms with Crippen molar-refractivity contribution >= 4 is 23.2 Å². The summed E-state index contributed by atoms with van der Waals surface area (Å²) >= 11 is 6.04. The number of nitrogens with one attached hydrogen (secondary N) is 1. The second kappa shape index (κ2) is 8.49. The molecule has 0 radical (unpaired) electrons. The summed E-state index contributed by atoms with van der Waals surface area (Å²) in [5, 5.41) is 8.21. The Morgan fingerprint density at radius 2 is 1.78 bits per heavy atom. The summed E-state index contributed by atoms with van der Waals surface area (Å²) in [4.78, 5) is 21.6. The Labute approximate surface area is 189 Å². The van der Waals surface area contributed by atoms with Gasteiger partial charge in [0.2, 0.25) is 0 Å². The summed E-state index contributed by atoms with van der Waals surface area (Å²) < 4.78 is 3.48. The van der Waals surface area contributed by atoms with Crippen molar-refractivity contribution in [2.45, 2.75) is 0 Å². The van der Waals surface area contributed by atoms with Crippen molar-refractivity contribution in [3.63, 3.8) is 0 Å². The Morgan fingerprint density at radius 1 is 0.969 bits per heavy atom. The zero-order valence-electron chi connectivity index (χ0n) is 16.8. The lowest BCUT2D eigenvalue weighted by molar-refractivity contribution is 0.102. The predicted molar refractivity (Wildman–Crippen MR) is 123 cm³/mol. The molecule has 7 nitrogen and oxygen atoms in total. The van der Waals surface area contributed by atoms with Crippen LogP contribution >= 0.6 is 11.6 Å². The van der Waals surface area contributed by atoms with E-state index in [1.165, 1.54) is 0 Å². The van der Waals surface area contributed by atoms with Crippen LogP contribution < -0.4 is 5.32 Å². The molecule has 0 aliphatic carbocycles. The first-order valence-electron chi connectivity index (χ1n) is 9.84. The molecule has 0 bridgehead atoms. The van der Waals surface area contributed by atoms with Gasteiger partial charge in [0.05, 0.1) is 23.1 Å². The highest BCUT2D eigenvalue weighted by Gasteiger charge is 2.19. The third-order valence-electron chi connectivity index (χ3n) is 4.87. The van der Waals surface area contributed by atoms with Crippen LogP contribution in [0, 0.1) is 0 Å². The van der Waals surface area contributed by atoms with Crippen LogP contribution in [0.1, 0.15) is 10.4 Å². The van der Waals surface area contributed by atoms with Crippen LogP contribution in [0.3, 0.4) is 0 Å². The smallest absolute Gasteiger partial charge is 0.259 e. The van der Waals surface area contributed by atoms with E-state index in [9.17, 15) is 4.79 Å². The number of imidazole rings is 1. The highest BCUT2D eigenvalue weighted by atomic mass is 35.5. The molecule has 0 spiro atoms. The van der Waals surface area contributed by atoms with Crippen molar-refractivity contribution in [2.75, 3.05) is 5.32 Å². The molecule has 0 saturated carbocycles. The summed E-state index contributed by atoms with van der Waals surface area (Å²) in [5.41, 5.74) is 3.23. The van der Waals surface area contributed by atoms with E-state index in [1.54, 1.807) is 58.6 Å². The number of hydrogen-bond acceptors (Lipinski definition) is 4. The highest BCUT2D eigenvalue weighted by Crippen LogP contribution is 2.26. The van der Waals surface area contributed by atoms with Gasteiger partial charge in [-0.2, -0.15) is 5.10 Å². The largest absolute Gasteiger partial charge is 0.320 e. The van der Waals surface area contributed by atoms with Crippen LogP contribution in [-0.2, 0) is 0 Å². The maximum atomic E-state index is 13.2. The SMILES string of the molecule is O=C(Nc1ccc(-n2ccnc2)nc1)c1cn(-c2ccccc2)nc1-c1ccc(Cl)cc1. The molecule has 5 aromatic rings. The first kappa shape index (κ1) is 19.7. The number of pyridine rings is 1. The molecule has 0 fully saturated rings. The van der Waals surface area contributed by atoms with Crippen LogP contribution in [0.5, 0.6) is 0 Å². The average molecular weight is 441 g/mol. The van der Waals surface area contributed by atoms with E-state index >= 15 is 0 Å². The number of amides is 1. The third kappa shape index (κ3) is 4.01. The Bertz CT molecular complexity index is 1340. The van der Waals surface area contributed by atoms with Crippen molar-refractivity contribution in [2.24, 2.45) is 0 Å². The van der Waals surface area contributed by atoms with Crippen molar-refractivity contribution in [3.05, 3.63) is 108 Å². The summed E-state index contributed by atoms with van der Waals surface area (Å²) in [7, 11) is 0. The van der Waals surface area contributed by atoms with Crippen molar-refractivity contribution < 1.29 is 4.79 Å². The second-order valence-electron chi connectivity index (χ2n) is 7.01. The molecule has 0 atom stereocenters. The molecule has 2 aromatic carbocycles. The van der Waals surface area contributed by atoms with Gasteiger partial charge in [0.25, 0.3) is 5.91 Å². The fourth-order valence-corrected chi connectivity index (χ4v) is 3.41. The number of para-hydroxylation sites is 1. The number of aromatic nitrogens is 5. The van der Waals surface area contributed by atoms with Gasteiger partial charge < -0.3 is 5.32 Å². The second-order valence-corrected chi connectivity index (χ2v) is 7.44. The van der Waals surface area contributed by atoms with Gasteiger partial charge in [-0.25, -0.2) is 14.6 Å². The normalized spacial score (nSPS) is 10.8. The lowest BCUT2D eigenvalue weighted by Crippen LogP contribution is -2.12. The number of nitrogens with zero attached hydrogens (tertiary/aromatic N) is 5. The number of rotatable bonds is 5. The Morgan fingerprint density at radius 3 is 2.47 bits per heavy atom. The van der Waals surface area contributed by atoms with E-state index in [2.05, 4.69) is 20.4 Å². The minimum Gasteiger partial charge on any atom is -0.320 e. The van der Waals surface area contributed by atoms with E-state index in [0.29, 0.717) is 27.8 Å². The number of carbonyl (C=O) groups excluding carboxylic acids is 1. The average Bonchev–Trinajstić information content (AvgIpc) is 3.52. The zero-order chi connectivity index (χ0) is 21.9. The molecule has 8 heteroatoms. The lowest BCUT2D eigenvalue weighted by atomic mass is 10.1. The summed E-state index contributed by atoms with van der Waals surface area (Å²) in [6.45, 7) is 0. The van der Waals surface area contributed by atoms with E-state index in [1.807, 2.05) is 48.5 Å². The Kier molecular flexibility index (Phi) is 5.23. The summed E-state index contributed by atoms with van der Waals surface area (Å²) in [6.07, 6.45) is 8.48. The first-order chi connectivity index (χ1) is 15.7. The number of carbonyl (C=O) groups is 1. The van der Waals surface area contributed by atoms with Gasteiger partial charge in [0.15, 0.2) is 0 Å². The molecule has 5 rings (SSSR count). The fraction of sp³-hybridized carbons (Fsp3) is 0. The van der Waals surface area contributed by atoms with Gasteiger partial charge >= 0.3 is 0 Å². The van der Waals surface area contributed by atoms with Gasteiger partial charge in [-0.1, -0.05) is 41.9 Å². The van der Waals surface area contributed by atoms with Gasteiger partial charge in [-0.15, -0.1) is 0 Å². The van der Waals surface area contributed by atoms with Crippen LogP contribution in [0.15, 0.2) is 97.8 Å². The lowest BCUT2D eigenvalue weighted by Gasteiger charge is -2.07. The number of benzene rings is 2. The minimum absolute atomic E-state index is 0.283. The van der Waals surface area contributed by atoms with Crippen LogP contribution in [0.2, 0.25) is 5.02 Å². The van der Waals surface area contributed by atoms with E-state index in [-0.39, 0.29) is 5.91 Å². The molecule has 32 heavy (non-hydrogen) atoms. The quantitative estimate of drug-likeness (QED) is 0.416. The van der Waals surface area contributed by atoms with E-state index in [4.69, 9.17) is 11.6 Å². The fourth-order valence-electron chi connectivity index (χ4n) is 3.28. The molecule has 156 valence electrons. The molecule has 3 heterocycles. The molecule has 0 aliphatic heterocycles. The topological polar surface area (TPSA) is 77.6 Å². The maximum Gasteiger partial charge on any atom is 0.259 e. The molecule has 1 N–H and O–H groups in total. The van der Waals surface area contributed by atoms with Gasteiger partial charge in [0, 0.05) is 29.2 Å². The van der Waals surface area contributed by atoms with E-state index < -0.39 is 0 Å². The molecule has 0 unspecified atom stereocenters. The van der Waals surface area contributed by atoms with Crippen LogP contribution in [-0.4, -0.2) is 30.2 Å². The monoisotopic (exact) mass is 440 g/mol. The molecule has 1 amide bonds. The molecule has 0 saturated heterocycles. The molecular weight excluding hydrogens is 424 g/mol. The summed E-state index contributed by atoms with van der Waals surface area (Å²) in [6, 6.07) is 20.5. The van der Waals surface area contributed by atoms with Gasteiger partial charge in [0.1, 0.15) is 17.8 Å². The molecule has 3 aromatic heterocycles. The maximum absolute atomic E-state index is 13.2. The van der Waals surface area contributed by atoms with Crippen molar-refractivity contribution in [1.82, 2.24) is 24.3 Å². The Balaban J connectivity index is 1.47. The highest BCUT2D eigenvalue weighted by molar-refractivity contribution is 6.30. The number of halogens is 1. The molecular formula is C24H17ClN6O. The minimum atomic E-state index is -0.283. The van der Waals surface area contributed by atoms with Gasteiger partial charge in [-0.05, 0) is 36.4 Å². The van der Waals surface area contributed by atoms with Crippen molar-refractivity contribution in [3.8, 4) is 22.8 Å². The molecule has 0 aliphatic rings. The van der Waals surface area contributed by atoms with Crippen molar-refractivity contribution in [1.29, 1.82) is 0 Å². The standard InChI is InChI=1S/C24H17ClN6O/c25-18-8-6-17(7-9-18)23-21(15-31(29-23)20-4-2-1-3-5-20)24(32)28-19-10-11-22(27-14-19)30-13-12-26-16-30/h1-16H,(H,28,32).